The molecular weight excluding hydrogens is 282 g/mol. The van der Waals surface area contributed by atoms with Gasteiger partial charge in [0, 0.05) is 12.3 Å². The van der Waals surface area contributed by atoms with Gasteiger partial charge in [0.1, 0.15) is 0 Å². The number of alkyl halides is 2. The number of amides is 1. The van der Waals surface area contributed by atoms with Crippen molar-refractivity contribution in [3.63, 3.8) is 0 Å². The number of aromatic nitrogens is 1. The highest BCUT2D eigenvalue weighted by Crippen LogP contribution is 2.29. The van der Waals surface area contributed by atoms with Crippen LogP contribution in [0, 0.1) is 0 Å². The molecular formula is C14H18F2N2O3. The number of rotatable bonds is 6. The van der Waals surface area contributed by atoms with Crippen LogP contribution in [0.25, 0.3) is 0 Å². The predicted octanol–water partition coefficient (Wildman–Crippen LogP) is 1.76. The lowest BCUT2D eigenvalue weighted by atomic mass is 9.98. The minimum absolute atomic E-state index is 0.0459. The smallest absolute Gasteiger partial charge is 0.272 e. The van der Waals surface area contributed by atoms with Gasteiger partial charge in [0.25, 0.3) is 12.3 Å². The van der Waals surface area contributed by atoms with Crippen molar-refractivity contribution in [2.75, 3.05) is 13.2 Å². The predicted molar refractivity (Wildman–Crippen MR) is 71.5 cm³/mol. The number of nitrogens with one attached hydrogen (secondary N) is 1. The van der Waals surface area contributed by atoms with Gasteiger partial charge in [0.05, 0.1) is 17.7 Å². The number of halogens is 2. The molecule has 0 aromatic carbocycles. The third-order valence-electron chi connectivity index (χ3n) is 3.60. The van der Waals surface area contributed by atoms with E-state index in [0.717, 1.165) is 25.7 Å². The lowest BCUT2D eigenvalue weighted by molar-refractivity contribution is 0.0791. The fourth-order valence-corrected chi connectivity index (χ4v) is 2.44. The molecule has 1 saturated carbocycles. The molecule has 5 nitrogen and oxygen atoms in total. The van der Waals surface area contributed by atoms with E-state index >= 15 is 0 Å². The van der Waals surface area contributed by atoms with Crippen molar-refractivity contribution < 1.29 is 23.4 Å². The van der Waals surface area contributed by atoms with Crippen LogP contribution in [0.15, 0.2) is 18.3 Å². The minimum Gasteiger partial charge on any atom is -0.472 e. The van der Waals surface area contributed by atoms with Gasteiger partial charge in [-0.05, 0) is 18.9 Å². The molecule has 0 saturated heterocycles. The van der Waals surface area contributed by atoms with Crippen molar-refractivity contribution in [1.82, 2.24) is 10.3 Å². The minimum atomic E-state index is -2.57. The van der Waals surface area contributed by atoms with Crippen LogP contribution in [0.3, 0.4) is 0 Å². The molecule has 2 N–H and O–H groups in total. The van der Waals surface area contributed by atoms with Crippen LogP contribution in [-0.4, -0.2) is 41.2 Å². The van der Waals surface area contributed by atoms with Crippen molar-refractivity contribution in [3.8, 4) is 5.88 Å². The molecule has 0 atom stereocenters. The van der Waals surface area contributed by atoms with Crippen LogP contribution < -0.4 is 10.1 Å². The highest BCUT2D eigenvalue weighted by atomic mass is 19.3. The fourth-order valence-electron chi connectivity index (χ4n) is 2.44. The molecule has 0 unspecified atom stereocenters. The second-order valence-corrected chi connectivity index (χ2v) is 5.19. The molecule has 2 rings (SSSR count). The maximum atomic E-state index is 12.1. The normalized spacial score (nSPS) is 17.0. The largest absolute Gasteiger partial charge is 0.472 e. The van der Waals surface area contributed by atoms with Gasteiger partial charge in [-0.15, -0.1) is 0 Å². The van der Waals surface area contributed by atoms with Gasteiger partial charge < -0.3 is 15.2 Å². The molecule has 1 heterocycles. The lowest BCUT2D eigenvalue weighted by Crippen LogP contribution is -2.49. The van der Waals surface area contributed by atoms with E-state index in [9.17, 15) is 18.7 Å². The Morgan fingerprint density at radius 3 is 2.67 bits per heavy atom. The van der Waals surface area contributed by atoms with E-state index in [1.165, 1.54) is 18.3 Å². The van der Waals surface area contributed by atoms with E-state index < -0.39 is 18.6 Å². The molecule has 0 radical (unpaired) electrons. The van der Waals surface area contributed by atoms with Gasteiger partial charge in [-0.25, -0.2) is 13.8 Å². The summed E-state index contributed by atoms with van der Waals surface area (Å²) in [6.45, 7) is -0.825. The summed E-state index contributed by atoms with van der Waals surface area (Å²) in [5, 5.41) is 12.3. The summed E-state index contributed by atoms with van der Waals surface area (Å²) >= 11 is 0. The molecule has 0 spiro atoms. The summed E-state index contributed by atoms with van der Waals surface area (Å²) in [6, 6.07) is 2.83. The second-order valence-electron chi connectivity index (χ2n) is 5.19. The first-order valence-electron chi connectivity index (χ1n) is 6.85. The number of pyridine rings is 1. The van der Waals surface area contributed by atoms with Crippen molar-refractivity contribution >= 4 is 5.91 Å². The van der Waals surface area contributed by atoms with Crippen LogP contribution in [0.5, 0.6) is 5.88 Å². The van der Waals surface area contributed by atoms with E-state index in [-0.39, 0.29) is 18.4 Å². The SMILES string of the molecule is O=C(NC1(CO)CCCC1)c1ccc(OCC(F)F)nc1. The van der Waals surface area contributed by atoms with E-state index in [2.05, 4.69) is 10.3 Å². The highest BCUT2D eigenvalue weighted by molar-refractivity contribution is 5.94. The third-order valence-corrected chi connectivity index (χ3v) is 3.60. The zero-order valence-electron chi connectivity index (χ0n) is 11.5. The Morgan fingerprint density at radius 1 is 1.43 bits per heavy atom. The Balaban J connectivity index is 1.96. The monoisotopic (exact) mass is 300 g/mol. The van der Waals surface area contributed by atoms with Gasteiger partial charge in [0.2, 0.25) is 5.88 Å². The van der Waals surface area contributed by atoms with Gasteiger partial charge in [-0.1, -0.05) is 12.8 Å². The summed E-state index contributed by atoms with van der Waals surface area (Å²) < 4.78 is 28.7. The van der Waals surface area contributed by atoms with E-state index in [0.29, 0.717) is 5.56 Å². The molecule has 1 aromatic rings. The van der Waals surface area contributed by atoms with Gasteiger partial charge in [-0.3, -0.25) is 4.79 Å². The molecule has 1 aliphatic rings. The average Bonchev–Trinajstić information content (AvgIpc) is 2.94. The summed E-state index contributed by atoms with van der Waals surface area (Å²) in [4.78, 5) is 15.9. The van der Waals surface area contributed by atoms with Gasteiger partial charge >= 0.3 is 0 Å². The molecule has 1 amide bonds. The van der Waals surface area contributed by atoms with E-state index in [4.69, 9.17) is 4.74 Å². The Kier molecular flexibility index (Phi) is 5.06. The van der Waals surface area contributed by atoms with Crippen molar-refractivity contribution in [1.29, 1.82) is 0 Å². The average molecular weight is 300 g/mol. The van der Waals surface area contributed by atoms with Crippen LogP contribution in [-0.2, 0) is 0 Å². The molecule has 1 aromatic heterocycles. The number of ether oxygens (including phenoxy) is 1. The molecule has 1 aliphatic carbocycles. The fraction of sp³-hybridized carbons (Fsp3) is 0.571. The van der Waals surface area contributed by atoms with Crippen molar-refractivity contribution in [2.24, 2.45) is 0 Å². The zero-order chi connectivity index (χ0) is 15.3. The first-order chi connectivity index (χ1) is 10.0. The molecule has 0 aliphatic heterocycles. The maximum Gasteiger partial charge on any atom is 0.272 e. The number of carbonyl (C=O) groups excluding carboxylic acids is 1. The van der Waals surface area contributed by atoms with Gasteiger partial charge in [-0.2, -0.15) is 0 Å². The topological polar surface area (TPSA) is 71.5 Å². The molecule has 7 heteroatoms. The van der Waals surface area contributed by atoms with E-state index in [1.54, 1.807) is 0 Å². The lowest BCUT2D eigenvalue weighted by Gasteiger charge is -2.27. The molecule has 116 valence electrons. The first kappa shape index (κ1) is 15.6. The molecule has 21 heavy (non-hydrogen) atoms. The zero-order valence-corrected chi connectivity index (χ0v) is 11.5. The number of carbonyl (C=O) groups is 1. The quantitative estimate of drug-likeness (QED) is 0.840. The Hall–Kier alpha value is -1.76. The van der Waals surface area contributed by atoms with Crippen LogP contribution >= 0.6 is 0 Å². The molecule has 0 bridgehead atoms. The Morgan fingerprint density at radius 2 is 2.14 bits per heavy atom. The van der Waals surface area contributed by atoms with E-state index in [1.807, 2.05) is 0 Å². The van der Waals surface area contributed by atoms with Gasteiger partial charge in [0.15, 0.2) is 6.61 Å². The third kappa shape index (κ3) is 4.10. The standard InChI is InChI=1S/C14H18F2N2O3/c15-11(16)8-21-12-4-3-10(7-17-12)13(20)18-14(9-19)5-1-2-6-14/h3-4,7,11,19H,1-2,5-6,8-9H2,(H,18,20). The van der Waals surface area contributed by atoms with Crippen molar-refractivity contribution in [2.45, 2.75) is 37.6 Å². The number of aliphatic hydroxyl groups excluding tert-OH is 1. The maximum absolute atomic E-state index is 12.1. The number of nitrogens with zero attached hydrogens (tertiary/aromatic N) is 1. The number of hydrogen-bond acceptors (Lipinski definition) is 4. The Labute approximate surface area is 121 Å². The number of aliphatic hydroxyl groups is 1. The summed E-state index contributed by atoms with van der Waals surface area (Å²) in [5.41, 5.74) is -0.249. The van der Waals surface area contributed by atoms with Crippen LogP contribution in [0.2, 0.25) is 0 Å². The summed E-state index contributed by atoms with van der Waals surface area (Å²) in [5.74, 6) is -0.288. The summed E-state index contributed by atoms with van der Waals surface area (Å²) in [7, 11) is 0. The Bertz CT molecular complexity index is 474. The second kappa shape index (κ2) is 6.80. The van der Waals surface area contributed by atoms with Crippen LogP contribution in [0.1, 0.15) is 36.0 Å². The molecule has 1 fully saturated rings. The van der Waals surface area contributed by atoms with Crippen LogP contribution in [0.4, 0.5) is 8.78 Å². The number of hydrogen-bond donors (Lipinski definition) is 2. The highest BCUT2D eigenvalue weighted by Gasteiger charge is 2.34. The first-order valence-corrected chi connectivity index (χ1v) is 6.85. The van der Waals surface area contributed by atoms with Crippen molar-refractivity contribution in [3.05, 3.63) is 23.9 Å². The summed E-state index contributed by atoms with van der Waals surface area (Å²) in [6.07, 6.45) is 2.15.